The van der Waals surface area contributed by atoms with E-state index in [2.05, 4.69) is 34.0 Å². The minimum atomic E-state index is 0.149. The molecule has 4 N–H and O–H groups in total. The number of aromatic nitrogens is 3. The van der Waals surface area contributed by atoms with Gasteiger partial charge in [-0.3, -0.25) is 0 Å². The summed E-state index contributed by atoms with van der Waals surface area (Å²) in [7, 11) is 1.91. The Bertz CT molecular complexity index is 518. The minimum Gasteiger partial charge on any atom is -0.368 e. The van der Waals surface area contributed by atoms with Gasteiger partial charge in [-0.15, -0.1) is 11.3 Å². The second-order valence-electron chi connectivity index (χ2n) is 4.04. The summed E-state index contributed by atoms with van der Waals surface area (Å²) < 4.78 is 0. The number of nitrogens with zero attached hydrogens (tertiary/aromatic N) is 4. The van der Waals surface area contributed by atoms with Crippen LogP contribution >= 0.6 is 11.3 Å². The highest BCUT2D eigenvalue weighted by Crippen LogP contribution is 2.16. The molecule has 2 rings (SSSR count). The first kappa shape index (κ1) is 12.6. The van der Waals surface area contributed by atoms with E-state index in [4.69, 9.17) is 11.5 Å². The van der Waals surface area contributed by atoms with Crippen molar-refractivity contribution in [2.24, 2.45) is 0 Å². The van der Waals surface area contributed by atoms with Gasteiger partial charge >= 0.3 is 0 Å². The molecule has 0 unspecified atom stereocenters. The molecule has 0 saturated heterocycles. The third-order valence-electron chi connectivity index (χ3n) is 2.49. The molecule has 0 bridgehead atoms. The summed E-state index contributed by atoms with van der Waals surface area (Å²) >= 11 is 1.80. The summed E-state index contributed by atoms with van der Waals surface area (Å²) in [6.07, 6.45) is 0.945. The molecular weight excluding hydrogens is 248 g/mol. The predicted molar refractivity (Wildman–Crippen MR) is 74.7 cm³/mol. The molecule has 6 nitrogen and oxygen atoms in total. The van der Waals surface area contributed by atoms with Crippen LogP contribution in [-0.2, 0) is 6.42 Å². The molecule has 0 fully saturated rings. The van der Waals surface area contributed by atoms with E-state index in [1.807, 2.05) is 11.9 Å². The zero-order valence-corrected chi connectivity index (χ0v) is 11.2. The van der Waals surface area contributed by atoms with Gasteiger partial charge in [-0.1, -0.05) is 0 Å². The lowest BCUT2D eigenvalue weighted by molar-refractivity contribution is 0.840. The summed E-state index contributed by atoms with van der Waals surface area (Å²) in [5.74, 6) is 0.806. The van der Waals surface area contributed by atoms with E-state index in [9.17, 15) is 0 Å². The van der Waals surface area contributed by atoms with Crippen molar-refractivity contribution >= 4 is 29.2 Å². The van der Waals surface area contributed by atoms with Gasteiger partial charge < -0.3 is 16.4 Å². The average Bonchev–Trinajstić information content (AvgIpc) is 2.70. The number of hydrogen-bond donors (Lipinski definition) is 2. The molecule has 0 amide bonds. The predicted octanol–water partition coefficient (Wildman–Crippen LogP) is 1.08. The monoisotopic (exact) mass is 264 g/mol. The number of thiophene rings is 1. The molecule has 2 heterocycles. The van der Waals surface area contributed by atoms with Crippen molar-refractivity contribution in [2.45, 2.75) is 13.3 Å². The molecule has 0 aliphatic carbocycles. The van der Waals surface area contributed by atoms with Gasteiger partial charge in [0.25, 0.3) is 0 Å². The van der Waals surface area contributed by atoms with Gasteiger partial charge in [-0.2, -0.15) is 15.0 Å². The molecule has 0 radical (unpaired) electrons. The largest absolute Gasteiger partial charge is 0.368 e. The van der Waals surface area contributed by atoms with Gasteiger partial charge in [0.2, 0.25) is 17.8 Å². The molecule has 0 aromatic carbocycles. The van der Waals surface area contributed by atoms with Gasteiger partial charge in [0.15, 0.2) is 0 Å². The highest BCUT2D eigenvalue weighted by molar-refractivity contribution is 7.11. The molecule has 96 valence electrons. The van der Waals surface area contributed by atoms with E-state index < -0.39 is 0 Å². The van der Waals surface area contributed by atoms with Crippen molar-refractivity contribution < 1.29 is 0 Å². The van der Waals surface area contributed by atoms with E-state index in [1.54, 1.807) is 11.3 Å². The van der Waals surface area contributed by atoms with Crippen LogP contribution in [0.5, 0.6) is 0 Å². The van der Waals surface area contributed by atoms with Crippen molar-refractivity contribution in [3.8, 4) is 0 Å². The molecule has 2 aromatic rings. The molecule has 7 heteroatoms. The third-order valence-corrected chi connectivity index (χ3v) is 3.55. The fourth-order valence-corrected chi connectivity index (χ4v) is 2.44. The number of hydrogen-bond acceptors (Lipinski definition) is 7. The van der Waals surface area contributed by atoms with Crippen LogP contribution < -0.4 is 16.4 Å². The molecule has 0 saturated carbocycles. The zero-order valence-electron chi connectivity index (χ0n) is 10.4. The maximum Gasteiger partial charge on any atom is 0.231 e. The van der Waals surface area contributed by atoms with Crippen LogP contribution in [0.3, 0.4) is 0 Å². The SMILES string of the molecule is Cc1ccc(CCN(C)c2nc(N)nc(N)n2)s1. The minimum absolute atomic E-state index is 0.149. The summed E-state index contributed by atoms with van der Waals surface area (Å²) in [4.78, 5) is 16.4. The first-order chi connectivity index (χ1) is 8.54. The number of likely N-dealkylation sites (N-methyl/N-ethyl adjacent to an activating group) is 1. The Hall–Kier alpha value is -1.89. The maximum atomic E-state index is 5.54. The van der Waals surface area contributed by atoms with Crippen LogP contribution in [0.25, 0.3) is 0 Å². The zero-order chi connectivity index (χ0) is 13.1. The topological polar surface area (TPSA) is 94.0 Å². The van der Waals surface area contributed by atoms with Crippen LogP contribution in [0.15, 0.2) is 12.1 Å². The number of rotatable bonds is 4. The fourth-order valence-electron chi connectivity index (χ4n) is 1.57. The fraction of sp³-hybridized carbons (Fsp3) is 0.364. The van der Waals surface area contributed by atoms with Crippen molar-refractivity contribution in [2.75, 3.05) is 30.0 Å². The van der Waals surface area contributed by atoms with Crippen LogP contribution in [-0.4, -0.2) is 28.5 Å². The lowest BCUT2D eigenvalue weighted by Crippen LogP contribution is -2.23. The smallest absolute Gasteiger partial charge is 0.231 e. The van der Waals surface area contributed by atoms with Crippen molar-refractivity contribution in [1.82, 2.24) is 15.0 Å². The van der Waals surface area contributed by atoms with E-state index in [0.29, 0.717) is 5.95 Å². The van der Waals surface area contributed by atoms with Crippen LogP contribution in [0.4, 0.5) is 17.8 Å². The number of anilines is 3. The lowest BCUT2D eigenvalue weighted by atomic mass is 10.3. The summed E-state index contributed by atoms with van der Waals surface area (Å²) in [6, 6.07) is 4.27. The maximum absolute atomic E-state index is 5.54. The van der Waals surface area contributed by atoms with Crippen molar-refractivity contribution in [1.29, 1.82) is 0 Å². The second kappa shape index (κ2) is 5.18. The molecule has 18 heavy (non-hydrogen) atoms. The van der Waals surface area contributed by atoms with Gasteiger partial charge in [0, 0.05) is 23.3 Å². The highest BCUT2D eigenvalue weighted by Gasteiger charge is 2.08. The van der Waals surface area contributed by atoms with Crippen LogP contribution in [0, 0.1) is 6.92 Å². The Balaban J connectivity index is 2.01. The molecule has 0 aliphatic rings. The van der Waals surface area contributed by atoms with Crippen LogP contribution in [0.2, 0.25) is 0 Å². The molecule has 0 spiro atoms. The van der Waals surface area contributed by atoms with Crippen molar-refractivity contribution in [3.05, 3.63) is 21.9 Å². The second-order valence-corrected chi connectivity index (χ2v) is 5.41. The lowest BCUT2D eigenvalue weighted by Gasteiger charge is -2.16. The molecule has 0 aliphatic heterocycles. The molecule has 2 aromatic heterocycles. The number of aryl methyl sites for hydroxylation is 1. The highest BCUT2D eigenvalue weighted by atomic mass is 32.1. The first-order valence-corrected chi connectivity index (χ1v) is 6.40. The Labute approximate surface area is 110 Å². The van der Waals surface area contributed by atoms with Crippen molar-refractivity contribution in [3.63, 3.8) is 0 Å². The standard InChI is InChI=1S/C11H16N6S/c1-7-3-4-8(18-7)5-6-17(2)11-15-9(12)14-10(13)16-11/h3-4H,5-6H2,1-2H3,(H4,12,13,14,15,16). The summed E-state index contributed by atoms with van der Waals surface area (Å²) in [5.41, 5.74) is 11.1. The van der Waals surface area contributed by atoms with E-state index in [-0.39, 0.29) is 11.9 Å². The first-order valence-electron chi connectivity index (χ1n) is 5.58. The number of nitrogen functional groups attached to an aromatic ring is 2. The van der Waals surface area contributed by atoms with Crippen LogP contribution in [0.1, 0.15) is 9.75 Å². The third kappa shape index (κ3) is 3.07. The van der Waals surface area contributed by atoms with Gasteiger partial charge in [-0.25, -0.2) is 0 Å². The Morgan fingerprint density at radius 3 is 2.39 bits per heavy atom. The normalized spacial score (nSPS) is 10.6. The van der Waals surface area contributed by atoms with Gasteiger partial charge in [0.05, 0.1) is 0 Å². The molecular formula is C11H16N6S. The molecule has 0 atom stereocenters. The van der Waals surface area contributed by atoms with Gasteiger partial charge in [-0.05, 0) is 25.5 Å². The average molecular weight is 264 g/mol. The Kier molecular flexibility index (Phi) is 3.61. The van der Waals surface area contributed by atoms with E-state index in [1.165, 1.54) is 9.75 Å². The quantitative estimate of drug-likeness (QED) is 0.858. The summed E-state index contributed by atoms with van der Waals surface area (Å²) in [5, 5.41) is 0. The number of nitrogens with two attached hydrogens (primary N) is 2. The Morgan fingerprint density at radius 1 is 1.17 bits per heavy atom. The van der Waals surface area contributed by atoms with E-state index in [0.717, 1.165) is 13.0 Å². The Morgan fingerprint density at radius 2 is 1.83 bits per heavy atom. The van der Waals surface area contributed by atoms with Gasteiger partial charge in [0.1, 0.15) is 0 Å². The van der Waals surface area contributed by atoms with E-state index >= 15 is 0 Å². The summed E-state index contributed by atoms with van der Waals surface area (Å²) in [6.45, 7) is 2.91.